The average molecular weight is 215 g/mol. The lowest BCUT2D eigenvalue weighted by atomic mass is 10.1. The van der Waals surface area contributed by atoms with Crippen LogP contribution in [0.15, 0.2) is 0 Å². The number of hydrogen-bond donors (Lipinski definition) is 1. The first kappa shape index (κ1) is 12.4. The lowest BCUT2D eigenvalue weighted by Crippen LogP contribution is -2.32. The van der Waals surface area contributed by atoms with Gasteiger partial charge in [-0.3, -0.25) is 0 Å². The summed E-state index contributed by atoms with van der Waals surface area (Å²) in [6.45, 7) is 1.27. The van der Waals surface area contributed by atoms with E-state index in [1.165, 1.54) is 57.9 Å². The lowest BCUT2D eigenvalue weighted by Gasteiger charge is -2.26. The number of hydrogen-bond acceptors (Lipinski definition) is 2. The molecule has 1 saturated carbocycles. The highest BCUT2D eigenvalue weighted by atomic mass is 32.1. The van der Waals surface area contributed by atoms with E-state index in [0.29, 0.717) is 0 Å². The maximum Gasteiger partial charge on any atom is 0.00922 e. The first-order valence-corrected chi connectivity index (χ1v) is 6.79. The Hall–Kier alpha value is 0.310. The third-order valence-corrected chi connectivity index (χ3v) is 3.68. The SMILES string of the molecule is CN(CCCCS)C1CCCCCC1. The largest absolute Gasteiger partial charge is 0.303 e. The molecule has 0 amide bonds. The smallest absolute Gasteiger partial charge is 0.00922 e. The molecule has 0 atom stereocenters. The van der Waals surface area contributed by atoms with Crippen molar-refractivity contribution in [3.8, 4) is 0 Å². The number of nitrogens with zero attached hydrogens (tertiary/aromatic N) is 1. The van der Waals surface area contributed by atoms with Crippen LogP contribution < -0.4 is 0 Å². The highest BCUT2D eigenvalue weighted by Crippen LogP contribution is 2.21. The van der Waals surface area contributed by atoms with Crippen molar-refractivity contribution in [2.75, 3.05) is 19.3 Å². The molecule has 14 heavy (non-hydrogen) atoms. The fourth-order valence-corrected chi connectivity index (χ4v) is 2.58. The Kier molecular flexibility index (Phi) is 6.70. The van der Waals surface area contributed by atoms with Crippen LogP contribution in [0, 0.1) is 0 Å². The molecule has 1 fully saturated rings. The Morgan fingerprint density at radius 2 is 1.71 bits per heavy atom. The lowest BCUT2D eigenvalue weighted by molar-refractivity contribution is 0.218. The monoisotopic (exact) mass is 215 g/mol. The molecule has 0 heterocycles. The fraction of sp³-hybridized carbons (Fsp3) is 1.00. The Labute approximate surface area is 94.7 Å². The van der Waals surface area contributed by atoms with Crippen LogP contribution in [0.1, 0.15) is 51.4 Å². The molecule has 0 N–H and O–H groups in total. The second-order valence-corrected chi connectivity index (χ2v) is 5.00. The van der Waals surface area contributed by atoms with Gasteiger partial charge in [0.1, 0.15) is 0 Å². The molecule has 0 bridgehead atoms. The van der Waals surface area contributed by atoms with Gasteiger partial charge in [-0.2, -0.15) is 12.6 Å². The maximum atomic E-state index is 4.25. The zero-order chi connectivity index (χ0) is 10.2. The van der Waals surface area contributed by atoms with Gasteiger partial charge in [0.05, 0.1) is 0 Å². The van der Waals surface area contributed by atoms with Crippen LogP contribution in [0.4, 0.5) is 0 Å². The van der Waals surface area contributed by atoms with Crippen molar-refractivity contribution in [2.45, 2.75) is 57.4 Å². The van der Waals surface area contributed by atoms with Crippen molar-refractivity contribution in [3.63, 3.8) is 0 Å². The van der Waals surface area contributed by atoms with Gasteiger partial charge in [-0.1, -0.05) is 25.7 Å². The molecule has 1 aliphatic rings. The Morgan fingerprint density at radius 3 is 2.29 bits per heavy atom. The van der Waals surface area contributed by atoms with Crippen LogP contribution in [0.3, 0.4) is 0 Å². The summed E-state index contributed by atoms with van der Waals surface area (Å²) in [5, 5.41) is 0. The summed E-state index contributed by atoms with van der Waals surface area (Å²) < 4.78 is 0. The van der Waals surface area contributed by atoms with E-state index >= 15 is 0 Å². The number of thiol groups is 1. The van der Waals surface area contributed by atoms with Gasteiger partial charge in [0.2, 0.25) is 0 Å². The first-order chi connectivity index (χ1) is 6.84. The molecule has 0 aromatic heterocycles. The summed E-state index contributed by atoms with van der Waals surface area (Å²) in [6.07, 6.45) is 11.2. The van der Waals surface area contributed by atoms with Crippen LogP contribution in [0.2, 0.25) is 0 Å². The number of rotatable bonds is 5. The average Bonchev–Trinajstić information content (AvgIpc) is 2.46. The second-order valence-electron chi connectivity index (χ2n) is 4.56. The van der Waals surface area contributed by atoms with Crippen molar-refractivity contribution >= 4 is 12.6 Å². The van der Waals surface area contributed by atoms with Gasteiger partial charge in [-0.25, -0.2) is 0 Å². The van der Waals surface area contributed by atoms with Crippen molar-refractivity contribution in [2.24, 2.45) is 0 Å². The van der Waals surface area contributed by atoms with Crippen molar-refractivity contribution in [1.82, 2.24) is 4.90 Å². The van der Waals surface area contributed by atoms with E-state index in [0.717, 1.165) is 11.8 Å². The van der Waals surface area contributed by atoms with E-state index in [4.69, 9.17) is 0 Å². The van der Waals surface area contributed by atoms with Crippen molar-refractivity contribution in [3.05, 3.63) is 0 Å². The van der Waals surface area contributed by atoms with E-state index in [1.54, 1.807) is 0 Å². The summed E-state index contributed by atoms with van der Waals surface area (Å²) in [7, 11) is 2.30. The number of unbranched alkanes of at least 4 members (excludes halogenated alkanes) is 1. The molecular weight excluding hydrogens is 190 g/mol. The van der Waals surface area contributed by atoms with Crippen LogP contribution >= 0.6 is 12.6 Å². The van der Waals surface area contributed by atoms with Gasteiger partial charge in [-0.05, 0) is 45.0 Å². The minimum absolute atomic E-state index is 0.873. The topological polar surface area (TPSA) is 3.24 Å². The van der Waals surface area contributed by atoms with Crippen LogP contribution in [0.25, 0.3) is 0 Å². The van der Waals surface area contributed by atoms with Gasteiger partial charge >= 0.3 is 0 Å². The fourth-order valence-electron chi connectivity index (χ4n) is 2.35. The standard InChI is InChI=1S/C12H25NS/c1-13(10-6-7-11-14)12-8-4-2-3-5-9-12/h12,14H,2-11H2,1H3. The first-order valence-electron chi connectivity index (χ1n) is 6.15. The molecular formula is C12H25NS. The van der Waals surface area contributed by atoms with E-state index < -0.39 is 0 Å². The van der Waals surface area contributed by atoms with E-state index in [2.05, 4.69) is 24.6 Å². The molecule has 0 unspecified atom stereocenters. The van der Waals surface area contributed by atoms with Crippen LogP contribution in [-0.4, -0.2) is 30.3 Å². The minimum atomic E-state index is 0.873. The Balaban J connectivity index is 2.16. The van der Waals surface area contributed by atoms with E-state index in [1.807, 2.05) is 0 Å². The molecule has 0 aliphatic heterocycles. The highest BCUT2D eigenvalue weighted by molar-refractivity contribution is 7.80. The van der Waals surface area contributed by atoms with Gasteiger partial charge < -0.3 is 4.90 Å². The minimum Gasteiger partial charge on any atom is -0.303 e. The molecule has 0 radical (unpaired) electrons. The molecule has 2 heteroatoms. The summed E-state index contributed by atoms with van der Waals surface area (Å²) in [4.78, 5) is 2.58. The summed E-state index contributed by atoms with van der Waals surface area (Å²) >= 11 is 4.25. The third kappa shape index (κ3) is 4.70. The normalized spacial score (nSPS) is 19.9. The summed E-state index contributed by atoms with van der Waals surface area (Å²) in [6, 6.07) is 0.873. The van der Waals surface area contributed by atoms with Gasteiger partial charge in [0.15, 0.2) is 0 Å². The molecule has 0 aromatic rings. The third-order valence-electron chi connectivity index (χ3n) is 3.37. The molecule has 84 valence electrons. The quantitative estimate of drug-likeness (QED) is 0.418. The molecule has 0 aromatic carbocycles. The Morgan fingerprint density at radius 1 is 1.07 bits per heavy atom. The van der Waals surface area contributed by atoms with Gasteiger partial charge in [-0.15, -0.1) is 0 Å². The summed E-state index contributed by atoms with van der Waals surface area (Å²) in [5.41, 5.74) is 0. The Bertz CT molecular complexity index is 130. The second kappa shape index (κ2) is 7.58. The zero-order valence-electron chi connectivity index (χ0n) is 9.54. The summed E-state index contributed by atoms with van der Waals surface area (Å²) in [5.74, 6) is 1.04. The van der Waals surface area contributed by atoms with Crippen molar-refractivity contribution in [1.29, 1.82) is 0 Å². The van der Waals surface area contributed by atoms with E-state index in [-0.39, 0.29) is 0 Å². The van der Waals surface area contributed by atoms with Gasteiger partial charge in [0.25, 0.3) is 0 Å². The predicted octanol–water partition coefficient (Wildman–Crippen LogP) is 3.35. The molecule has 1 aliphatic carbocycles. The van der Waals surface area contributed by atoms with Crippen LogP contribution in [-0.2, 0) is 0 Å². The predicted molar refractivity (Wildman–Crippen MR) is 67.2 cm³/mol. The molecule has 1 nitrogen and oxygen atoms in total. The molecule has 0 spiro atoms. The van der Waals surface area contributed by atoms with Crippen molar-refractivity contribution < 1.29 is 0 Å². The highest BCUT2D eigenvalue weighted by Gasteiger charge is 2.15. The zero-order valence-corrected chi connectivity index (χ0v) is 10.4. The van der Waals surface area contributed by atoms with Crippen LogP contribution in [0.5, 0.6) is 0 Å². The van der Waals surface area contributed by atoms with E-state index in [9.17, 15) is 0 Å². The molecule has 0 saturated heterocycles. The van der Waals surface area contributed by atoms with Gasteiger partial charge in [0, 0.05) is 6.04 Å². The molecule has 1 rings (SSSR count). The maximum absolute atomic E-state index is 4.25.